The third-order valence-corrected chi connectivity index (χ3v) is 4.45. The number of benzene rings is 1. The Hall–Kier alpha value is -2.64. The number of nitrogens with one attached hydrogen (secondary N) is 1. The molecule has 0 saturated heterocycles. The maximum Gasteiger partial charge on any atom is 0.234 e. The predicted octanol–water partition coefficient (Wildman–Crippen LogP) is 4.66. The van der Waals surface area contributed by atoms with Gasteiger partial charge >= 0.3 is 0 Å². The Labute approximate surface area is 166 Å². The van der Waals surface area contributed by atoms with Gasteiger partial charge in [-0.3, -0.25) is 4.79 Å². The highest BCUT2D eigenvalue weighted by atomic mass is 35.5. The normalized spacial score (nSPS) is 10.5. The van der Waals surface area contributed by atoms with Gasteiger partial charge in [-0.25, -0.2) is 15.0 Å². The first-order valence-corrected chi connectivity index (χ1v) is 9.49. The van der Waals surface area contributed by atoms with E-state index in [0.717, 1.165) is 11.4 Å². The van der Waals surface area contributed by atoms with Crippen molar-refractivity contribution >= 4 is 35.0 Å². The monoisotopic (exact) mass is 400 g/mol. The van der Waals surface area contributed by atoms with E-state index < -0.39 is 0 Å². The van der Waals surface area contributed by atoms with Crippen LogP contribution in [0.4, 0.5) is 5.69 Å². The molecule has 8 heteroatoms. The molecule has 0 bridgehead atoms. The summed E-state index contributed by atoms with van der Waals surface area (Å²) in [6, 6.07) is 12.3. The van der Waals surface area contributed by atoms with Crippen molar-refractivity contribution in [1.82, 2.24) is 15.0 Å². The number of carbonyl (C=O) groups is 1. The van der Waals surface area contributed by atoms with Crippen LogP contribution in [0.3, 0.4) is 0 Å². The van der Waals surface area contributed by atoms with E-state index in [1.807, 2.05) is 19.9 Å². The van der Waals surface area contributed by atoms with Gasteiger partial charge in [0.25, 0.3) is 0 Å². The highest BCUT2D eigenvalue weighted by Gasteiger charge is 2.07. The molecule has 2 aromatic heterocycles. The number of aromatic nitrogens is 3. The number of anilines is 1. The average Bonchev–Trinajstić information content (AvgIpc) is 2.63. The van der Waals surface area contributed by atoms with Crippen LogP contribution < -0.4 is 10.1 Å². The second-order valence-electron chi connectivity index (χ2n) is 5.71. The number of ether oxygens (including phenoxy) is 1. The lowest BCUT2D eigenvalue weighted by molar-refractivity contribution is -0.113. The molecule has 1 aromatic carbocycles. The van der Waals surface area contributed by atoms with Crippen molar-refractivity contribution in [3.05, 3.63) is 65.1 Å². The van der Waals surface area contributed by atoms with Crippen molar-refractivity contribution in [1.29, 1.82) is 0 Å². The van der Waals surface area contributed by atoms with Gasteiger partial charge in [-0.1, -0.05) is 23.4 Å². The van der Waals surface area contributed by atoms with Gasteiger partial charge in [0, 0.05) is 22.5 Å². The number of amides is 1. The molecule has 0 aliphatic rings. The Morgan fingerprint density at radius 3 is 2.44 bits per heavy atom. The lowest BCUT2D eigenvalue weighted by atomic mass is 10.3. The summed E-state index contributed by atoms with van der Waals surface area (Å²) in [7, 11) is 0. The van der Waals surface area contributed by atoms with E-state index in [0.29, 0.717) is 27.5 Å². The molecule has 3 rings (SSSR count). The summed E-state index contributed by atoms with van der Waals surface area (Å²) in [6.45, 7) is 3.80. The standard InChI is InChI=1S/C19H17ClN4O2S/c1-12-9-13(2)23-19(22-12)27-11-17(25)24-15-5-8-18(21-10-15)26-16-6-3-14(20)4-7-16/h3-10H,11H2,1-2H3,(H,24,25). The maximum atomic E-state index is 12.1. The number of carbonyl (C=O) groups excluding carboxylic acids is 1. The Morgan fingerprint density at radius 2 is 1.81 bits per heavy atom. The Balaban J connectivity index is 1.52. The van der Waals surface area contributed by atoms with E-state index in [2.05, 4.69) is 20.3 Å². The quantitative estimate of drug-likeness (QED) is 0.478. The van der Waals surface area contributed by atoms with Crippen LogP contribution in [0.5, 0.6) is 11.6 Å². The van der Waals surface area contributed by atoms with Gasteiger partial charge in [-0.15, -0.1) is 0 Å². The molecule has 0 fully saturated rings. The van der Waals surface area contributed by atoms with Crippen LogP contribution in [0, 0.1) is 13.8 Å². The number of thioether (sulfide) groups is 1. The number of hydrogen-bond acceptors (Lipinski definition) is 6. The summed E-state index contributed by atoms with van der Waals surface area (Å²) < 4.78 is 5.62. The topological polar surface area (TPSA) is 77.0 Å². The van der Waals surface area contributed by atoms with E-state index in [9.17, 15) is 4.79 Å². The molecule has 0 aliphatic carbocycles. The molecule has 138 valence electrons. The van der Waals surface area contributed by atoms with Crippen LogP contribution in [0.1, 0.15) is 11.4 Å². The zero-order chi connectivity index (χ0) is 19.2. The van der Waals surface area contributed by atoms with Crippen molar-refractivity contribution < 1.29 is 9.53 Å². The van der Waals surface area contributed by atoms with Gasteiger partial charge in [0.05, 0.1) is 17.6 Å². The molecule has 0 saturated carbocycles. The molecule has 0 unspecified atom stereocenters. The van der Waals surface area contributed by atoms with Gasteiger partial charge in [-0.05, 0) is 50.2 Å². The fourth-order valence-electron chi connectivity index (χ4n) is 2.22. The van der Waals surface area contributed by atoms with Crippen molar-refractivity contribution in [3.63, 3.8) is 0 Å². The summed E-state index contributed by atoms with van der Waals surface area (Å²) >= 11 is 7.14. The fourth-order valence-corrected chi connectivity index (χ4v) is 3.10. The van der Waals surface area contributed by atoms with Gasteiger partial charge < -0.3 is 10.1 Å². The molecular formula is C19H17ClN4O2S. The molecular weight excluding hydrogens is 384 g/mol. The van der Waals surface area contributed by atoms with Crippen LogP contribution in [0.25, 0.3) is 0 Å². The minimum atomic E-state index is -0.157. The summed E-state index contributed by atoms with van der Waals surface area (Å²) in [5.74, 6) is 1.11. The lowest BCUT2D eigenvalue weighted by Gasteiger charge is -2.07. The van der Waals surface area contributed by atoms with E-state index in [-0.39, 0.29) is 11.7 Å². The first-order valence-electron chi connectivity index (χ1n) is 8.12. The Morgan fingerprint density at radius 1 is 1.11 bits per heavy atom. The van der Waals surface area contributed by atoms with Crippen molar-refractivity contribution in [2.75, 3.05) is 11.1 Å². The molecule has 2 heterocycles. The smallest absolute Gasteiger partial charge is 0.234 e. The lowest BCUT2D eigenvalue weighted by Crippen LogP contribution is -2.14. The number of halogens is 1. The summed E-state index contributed by atoms with van der Waals surface area (Å²) in [5.41, 5.74) is 2.35. The summed E-state index contributed by atoms with van der Waals surface area (Å²) in [5, 5.41) is 4.02. The highest BCUT2D eigenvalue weighted by molar-refractivity contribution is 7.99. The van der Waals surface area contributed by atoms with E-state index in [4.69, 9.17) is 16.3 Å². The van der Waals surface area contributed by atoms with Crippen molar-refractivity contribution in [3.8, 4) is 11.6 Å². The zero-order valence-electron chi connectivity index (χ0n) is 14.8. The number of pyridine rings is 1. The summed E-state index contributed by atoms with van der Waals surface area (Å²) in [6.07, 6.45) is 1.54. The van der Waals surface area contributed by atoms with Crippen LogP contribution in [0.15, 0.2) is 53.8 Å². The highest BCUT2D eigenvalue weighted by Crippen LogP contribution is 2.22. The van der Waals surface area contributed by atoms with E-state index in [1.165, 1.54) is 11.8 Å². The third kappa shape index (κ3) is 5.94. The van der Waals surface area contributed by atoms with Crippen LogP contribution in [-0.2, 0) is 4.79 Å². The number of rotatable bonds is 6. The van der Waals surface area contributed by atoms with Gasteiger partial charge in [-0.2, -0.15) is 0 Å². The largest absolute Gasteiger partial charge is 0.439 e. The first kappa shape index (κ1) is 19.1. The van der Waals surface area contributed by atoms with Gasteiger partial charge in [0.2, 0.25) is 11.8 Å². The molecule has 0 atom stereocenters. The van der Waals surface area contributed by atoms with Crippen LogP contribution in [0.2, 0.25) is 5.02 Å². The molecule has 1 amide bonds. The van der Waals surface area contributed by atoms with Crippen LogP contribution in [-0.4, -0.2) is 26.6 Å². The zero-order valence-corrected chi connectivity index (χ0v) is 16.3. The van der Waals surface area contributed by atoms with Gasteiger partial charge in [0.15, 0.2) is 5.16 Å². The maximum absolute atomic E-state index is 12.1. The molecule has 0 aliphatic heterocycles. The third-order valence-electron chi connectivity index (χ3n) is 3.35. The Kier molecular flexibility index (Phi) is 6.26. The van der Waals surface area contributed by atoms with E-state index in [1.54, 1.807) is 42.6 Å². The summed E-state index contributed by atoms with van der Waals surface area (Å²) in [4.78, 5) is 24.9. The molecule has 6 nitrogen and oxygen atoms in total. The van der Waals surface area contributed by atoms with Crippen molar-refractivity contribution in [2.45, 2.75) is 19.0 Å². The number of aryl methyl sites for hydroxylation is 2. The molecule has 3 aromatic rings. The number of hydrogen-bond donors (Lipinski definition) is 1. The van der Waals surface area contributed by atoms with Crippen molar-refractivity contribution in [2.24, 2.45) is 0 Å². The molecule has 0 radical (unpaired) electrons. The average molecular weight is 401 g/mol. The fraction of sp³-hybridized carbons (Fsp3) is 0.158. The second kappa shape index (κ2) is 8.83. The molecule has 27 heavy (non-hydrogen) atoms. The SMILES string of the molecule is Cc1cc(C)nc(SCC(=O)Nc2ccc(Oc3ccc(Cl)cc3)nc2)n1. The molecule has 0 spiro atoms. The van der Waals surface area contributed by atoms with Crippen LogP contribution >= 0.6 is 23.4 Å². The number of nitrogens with zero attached hydrogens (tertiary/aromatic N) is 3. The Bertz CT molecular complexity index is 913. The molecule has 1 N–H and O–H groups in total. The minimum Gasteiger partial charge on any atom is -0.439 e. The predicted molar refractivity (Wildman–Crippen MR) is 107 cm³/mol. The second-order valence-corrected chi connectivity index (χ2v) is 7.09. The first-order chi connectivity index (χ1) is 13.0. The van der Waals surface area contributed by atoms with Gasteiger partial charge in [0.1, 0.15) is 5.75 Å². The minimum absolute atomic E-state index is 0.157. The van der Waals surface area contributed by atoms with E-state index >= 15 is 0 Å².